The van der Waals surface area contributed by atoms with Gasteiger partial charge in [-0.25, -0.2) is 0 Å². The first-order valence-corrected chi connectivity index (χ1v) is 11.7. The third-order valence-electron chi connectivity index (χ3n) is 6.63. The molecule has 2 aromatic heterocycles. The lowest BCUT2D eigenvalue weighted by Gasteiger charge is -2.26. The van der Waals surface area contributed by atoms with Gasteiger partial charge in [-0.3, -0.25) is 14.7 Å². The fourth-order valence-electron chi connectivity index (χ4n) is 4.55. The fourth-order valence-corrected chi connectivity index (χ4v) is 4.55. The Hall–Kier alpha value is -2.80. The molecule has 0 spiro atoms. The van der Waals surface area contributed by atoms with E-state index in [9.17, 15) is 4.79 Å². The summed E-state index contributed by atoms with van der Waals surface area (Å²) in [5.74, 6) is 2.55. The number of nitrogens with zero attached hydrogens (tertiary/aromatic N) is 5. The predicted octanol–water partition coefficient (Wildman–Crippen LogP) is 3.08. The van der Waals surface area contributed by atoms with Crippen LogP contribution in [-0.2, 0) is 30.7 Å². The van der Waals surface area contributed by atoms with Gasteiger partial charge in [0.15, 0.2) is 5.82 Å². The maximum atomic E-state index is 12.3. The van der Waals surface area contributed by atoms with Crippen molar-refractivity contribution in [2.45, 2.75) is 58.5 Å². The molecule has 1 N–H and O–H groups in total. The maximum absolute atomic E-state index is 12.3. The zero-order chi connectivity index (χ0) is 22.3. The van der Waals surface area contributed by atoms with Crippen LogP contribution in [0.2, 0.25) is 0 Å². The van der Waals surface area contributed by atoms with Crippen molar-refractivity contribution >= 4 is 5.91 Å². The fraction of sp³-hybridized carbons (Fsp3) is 0.520. The Balaban J connectivity index is 1.25. The molecule has 1 atom stereocenters. The summed E-state index contributed by atoms with van der Waals surface area (Å²) in [5, 5.41) is 11.8. The van der Waals surface area contributed by atoms with Crippen LogP contribution < -0.4 is 5.32 Å². The second-order valence-corrected chi connectivity index (χ2v) is 9.03. The molecule has 0 aromatic carbocycles. The average Bonchev–Trinajstić information content (AvgIpc) is 3.09. The second-order valence-electron chi connectivity index (χ2n) is 9.03. The molecule has 32 heavy (non-hydrogen) atoms. The van der Waals surface area contributed by atoms with E-state index in [1.807, 2.05) is 12.1 Å². The summed E-state index contributed by atoms with van der Waals surface area (Å²) < 4.78 is 2.19. The molecule has 7 nitrogen and oxygen atoms in total. The Kier molecular flexibility index (Phi) is 7.47. The number of allylic oxidation sites excluding steroid dienone is 2. The molecule has 1 amide bonds. The Morgan fingerprint density at radius 3 is 2.91 bits per heavy atom. The zero-order valence-corrected chi connectivity index (χ0v) is 19.1. The van der Waals surface area contributed by atoms with E-state index in [0.717, 1.165) is 56.2 Å². The van der Waals surface area contributed by atoms with Gasteiger partial charge in [0.25, 0.3) is 0 Å². The first kappa shape index (κ1) is 22.4. The third kappa shape index (κ3) is 5.91. The van der Waals surface area contributed by atoms with Crippen molar-refractivity contribution in [1.29, 1.82) is 0 Å². The van der Waals surface area contributed by atoms with Crippen LogP contribution in [0.25, 0.3) is 0 Å². The molecule has 2 aliphatic rings. The lowest BCUT2D eigenvalue weighted by atomic mass is 9.85. The number of hydrogen-bond acceptors (Lipinski definition) is 5. The van der Waals surface area contributed by atoms with E-state index in [-0.39, 0.29) is 5.91 Å². The predicted molar refractivity (Wildman–Crippen MR) is 125 cm³/mol. The quantitative estimate of drug-likeness (QED) is 0.646. The lowest BCUT2D eigenvalue weighted by Crippen LogP contribution is -2.30. The SMILES string of the molecule is C=C(C)[C@@H]1CC=C(CN2CCc3nnc(CNC(=O)CCc4cccnc4)n3CC2)CC1. The number of carbonyl (C=O) groups excluding carboxylic acids is 1. The van der Waals surface area contributed by atoms with Crippen molar-refractivity contribution in [2.24, 2.45) is 5.92 Å². The summed E-state index contributed by atoms with van der Waals surface area (Å²) in [6.07, 6.45) is 11.5. The van der Waals surface area contributed by atoms with Crippen molar-refractivity contribution in [2.75, 3.05) is 19.6 Å². The van der Waals surface area contributed by atoms with Crippen LogP contribution in [0, 0.1) is 5.92 Å². The largest absolute Gasteiger partial charge is 0.349 e. The van der Waals surface area contributed by atoms with Crippen LogP contribution in [0.1, 0.15) is 49.8 Å². The molecule has 4 rings (SSSR count). The highest BCUT2D eigenvalue weighted by molar-refractivity contribution is 5.76. The van der Waals surface area contributed by atoms with Gasteiger partial charge < -0.3 is 9.88 Å². The van der Waals surface area contributed by atoms with E-state index >= 15 is 0 Å². The molecule has 1 aliphatic heterocycles. The highest BCUT2D eigenvalue weighted by atomic mass is 16.1. The molecule has 0 saturated heterocycles. The minimum Gasteiger partial charge on any atom is -0.349 e. The van der Waals surface area contributed by atoms with E-state index in [4.69, 9.17) is 0 Å². The van der Waals surface area contributed by atoms with E-state index in [1.54, 1.807) is 18.0 Å². The van der Waals surface area contributed by atoms with Gasteiger partial charge in [-0.1, -0.05) is 29.9 Å². The van der Waals surface area contributed by atoms with E-state index in [1.165, 1.54) is 18.4 Å². The standard InChI is InChI=1S/C25H34N6O/c1-19(2)22-8-5-21(6-9-22)18-30-13-11-23-28-29-24(31(23)15-14-30)17-27-25(32)10-7-20-4-3-12-26-16-20/h3-5,12,16,22H,1,6-11,13-15,17-18H2,2H3,(H,27,32)/t22-/m1/s1. The van der Waals surface area contributed by atoms with Gasteiger partial charge in [-0.05, 0) is 50.2 Å². The van der Waals surface area contributed by atoms with Crippen LogP contribution in [0.3, 0.4) is 0 Å². The normalized spacial score (nSPS) is 19.0. The molecule has 0 saturated carbocycles. The van der Waals surface area contributed by atoms with Crippen LogP contribution >= 0.6 is 0 Å². The first-order valence-electron chi connectivity index (χ1n) is 11.7. The van der Waals surface area contributed by atoms with Crippen LogP contribution in [0.4, 0.5) is 0 Å². The Morgan fingerprint density at radius 2 is 2.16 bits per heavy atom. The molecule has 0 fully saturated rings. The molecule has 170 valence electrons. The molecule has 1 aliphatic carbocycles. The molecule has 0 radical (unpaired) electrons. The van der Waals surface area contributed by atoms with E-state index < -0.39 is 0 Å². The Morgan fingerprint density at radius 1 is 1.25 bits per heavy atom. The van der Waals surface area contributed by atoms with Crippen LogP contribution in [0.15, 0.2) is 48.3 Å². The average molecular weight is 435 g/mol. The molecule has 7 heteroatoms. The Bertz CT molecular complexity index is 964. The molecular weight excluding hydrogens is 400 g/mol. The minimum atomic E-state index is 0.0266. The van der Waals surface area contributed by atoms with Gasteiger partial charge >= 0.3 is 0 Å². The number of nitrogens with one attached hydrogen (secondary N) is 1. The summed E-state index contributed by atoms with van der Waals surface area (Å²) in [6.45, 7) is 10.6. The number of aryl methyl sites for hydroxylation is 1. The lowest BCUT2D eigenvalue weighted by molar-refractivity contribution is -0.121. The third-order valence-corrected chi connectivity index (χ3v) is 6.63. The van der Waals surface area contributed by atoms with Crippen LogP contribution in [0.5, 0.6) is 0 Å². The Labute approximate surface area is 190 Å². The summed E-state index contributed by atoms with van der Waals surface area (Å²) in [6, 6.07) is 3.89. The van der Waals surface area contributed by atoms with Gasteiger partial charge in [0.05, 0.1) is 6.54 Å². The summed E-state index contributed by atoms with van der Waals surface area (Å²) >= 11 is 0. The number of rotatable bonds is 8. The molecule has 3 heterocycles. The van der Waals surface area contributed by atoms with E-state index in [2.05, 4.69) is 49.5 Å². The summed E-state index contributed by atoms with van der Waals surface area (Å²) in [5.41, 5.74) is 3.94. The number of fused-ring (bicyclic) bond motifs is 1. The first-order chi connectivity index (χ1) is 15.6. The maximum Gasteiger partial charge on any atom is 0.220 e. The topological polar surface area (TPSA) is 75.9 Å². The van der Waals surface area contributed by atoms with E-state index in [0.29, 0.717) is 25.3 Å². The summed E-state index contributed by atoms with van der Waals surface area (Å²) in [4.78, 5) is 18.9. The van der Waals surface area contributed by atoms with Gasteiger partial charge in [0.2, 0.25) is 5.91 Å². The van der Waals surface area contributed by atoms with Crippen LogP contribution in [-0.4, -0.2) is 50.2 Å². The van der Waals surface area contributed by atoms with Crippen molar-refractivity contribution in [3.63, 3.8) is 0 Å². The minimum absolute atomic E-state index is 0.0266. The number of hydrogen-bond donors (Lipinski definition) is 1. The molecular formula is C25H34N6O. The van der Waals surface area contributed by atoms with Crippen molar-refractivity contribution in [1.82, 2.24) is 30.0 Å². The molecule has 0 bridgehead atoms. The monoisotopic (exact) mass is 434 g/mol. The van der Waals surface area contributed by atoms with Gasteiger partial charge in [-0.2, -0.15) is 0 Å². The molecule has 2 aromatic rings. The number of amides is 1. The van der Waals surface area contributed by atoms with Crippen molar-refractivity contribution in [3.05, 3.63) is 65.5 Å². The smallest absolute Gasteiger partial charge is 0.220 e. The molecule has 0 unspecified atom stereocenters. The van der Waals surface area contributed by atoms with Crippen molar-refractivity contribution in [3.8, 4) is 0 Å². The number of aromatic nitrogens is 4. The van der Waals surface area contributed by atoms with Gasteiger partial charge in [0, 0.05) is 51.4 Å². The number of carbonyl (C=O) groups is 1. The number of pyridine rings is 1. The zero-order valence-electron chi connectivity index (χ0n) is 19.1. The van der Waals surface area contributed by atoms with Gasteiger partial charge in [0.1, 0.15) is 5.82 Å². The highest BCUT2D eigenvalue weighted by Crippen LogP contribution is 2.28. The van der Waals surface area contributed by atoms with Crippen molar-refractivity contribution < 1.29 is 4.79 Å². The highest BCUT2D eigenvalue weighted by Gasteiger charge is 2.21. The van der Waals surface area contributed by atoms with Gasteiger partial charge in [-0.15, -0.1) is 10.2 Å². The second kappa shape index (κ2) is 10.7. The summed E-state index contributed by atoms with van der Waals surface area (Å²) in [7, 11) is 0.